The maximum Gasteiger partial charge on any atom is 0.338 e. The number of hydrogen-bond donors (Lipinski definition) is 1. The van der Waals surface area contributed by atoms with Crippen molar-refractivity contribution in [2.75, 3.05) is 7.11 Å². The number of rotatable bonds is 10. The summed E-state index contributed by atoms with van der Waals surface area (Å²) < 4.78 is 49.0. The van der Waals surface area contributed by atoms with Crippen molar-refractivity contribution in [2.24, 2.45) is 0 Å². The van der Waals surface area contributed by atoms with Crippen molar-refractivity contribution in [3.05, 3.63) is 112 Å². The molecule has 3 aromatic heterocycles. The number of Topliss-reactive ketones (excluding diaryl/α,β-unsaturated/α-hetero) is 1. The lowest BCUT2D eigenvalue weighted by Gasteiger charge is -2.19. The van der Waals surface area contributed by atoms with Gasteiger partial charge in [-0.2, -0.15) is 23.7 Å². The SMILES string of the molecule is COc1cc(C(Cc2ccn(C(F)F)n2)n2cc(-c3ccc(C(=O)O)c(F)c3)cn2)[n+]([O-])cc1-c1cc(Cl)ccc1C(C)=O. The maximum atomic E-state index is 14.4. The summed E-state index contributed by atoms with van der Waals surface area (Å²) in [4.78, 5) is 23.6. The number of hydrogen-bond acceptors (Lipinski definition) is 6. The van der Waals surface area contributed by atoms with Crippen molar-refractivity contribution in [2.45, 2.75) is 25.9 Å². The van der Waals surface area contributed by atoms with Crippen molar-refractivity contribution >= 4 is 23.4 Å². The van der Waals surface area contributed by atoms with Crippen LogP contribution >= 0.6 is 11.6 Å². The Morgan fingerprint density at radius 1 is 1.07 bits per heavy atom. The number of aromatic nitrogens is 5. The average Bonchev–Trinajstić information content (AvgIpc) is 3.66. The lowest BCUT2D eigenvalue weighted by molar-refractivity contribution is -0.615. The number of nitrogens with zero attached hydrogens (tertiary/aromatic N) is 5. The predicted molar refractivity (Wildman–Crippen MR) is 152 cm³/mol. The third kappa shape index (κ3) is 5.99. The first-order valence-electron chi connectivity index (χ1n) is 13.0. The molecule has 44 heavy (non-hydrogen) atoms. The second-order valence-corrected chi connectivity index (χ2v) is 10.2. The normalized spacial score (nSPS) is 12.0. The van der Waals surface area contributed by atoms with E-state index in [1.807, 2.05) is 0 Å². The summed E-state index contributed by atoms with van der Waals surface area (Å²) in [5.74, 6) is -2.40. The number of carbonyl (C=O) groups is 2. The molecule has 2 aromatic carbocycles. The van der Waals surface area contributed by atoms with Crippen molar-refractivity contribution in [3.63, 3.8) is 0 Å². The van der Waals surface area contributed by atoms with Gasteiger partial charge in [0.1, 0.15) is 17.6 Å². The number of alkyl halides is 2. The first kappa shape index (κ1) is 30.3. The van der Waals surface area contributed by atoms with Gasteiger partial charge >= 0.3 is 12.5 Å². The van der Waals surface area contributed by atoms with Crippen LogP contribution in [0.4, 0.5) is 13.2 Å². The van der Waals surface area contributed by atoms with Crippen LogP contribution in [-0.2, 0) is 6.42 Å². The molecule has 5 aromatic rings. The van der Waals surface area contributed by atoms with Gasteiger partial charge in [-0.3, -0.25) is 9.48 Å². The highest BCUT2D eigenvalue weighted by molar-refractivity contribution is 6.31. The van der Waals surface area contributed by atoms with Crippen LogP contribution < -0.4 is 9.47 Å². The number of pyridine rings is 1. The monoisotopic (exact) mass is 625 g/mol. The van der Waals surface area contributed by atoms with Crippen LogP contribution in [0.5, 0.6) is 5.75 Å². The predicted octanol–water partition coefficient (Wildman–Crippen LogP) is 5.98. The summed E-state index contributed by atoms with van der Waals surface area (Å²) in [5.41, 5.74) is 1.50. The molecule has 0 spiro atoms. The quantitative estimate of drug-likeness (QED) is 0.115. The van der Waals surface area contributed by atoms with Gasteiger partial charge < -0.3 is 15.1 Å². The Morgan fingerprint density at radius 2 is 1.82 bits per heavy atom. The van der Waals surface area contributed by atoms with Crippen LogP contribution in [0.15, 0.2) is 73.3 Å². The van der Waals surface area contributed by atoms with Gasteiger partial charge in [-0.15, -0.1) is 0 Å². The summed E-state index contributed by atoms with van der Waals surface area (Å²) in [5, 5.41) is 31.4. The molecule has 0 amide bonds. The van der Waals surface area contributed by atoms with Gasteiger partial charge in [0.2, 0.25) is 5.69 Å². The zero-order valence-electron chi connectivity index (χ0n) is 23.1. The molecule has 3 heterocycles. The van der Waals surface area contributed by atoms with Crippen molar-refractivity contribution in [1.82, 2.24) is 19.6 Å². The molecule has 1 unspecified atom stereocenters. The van der Waals surface area contributed by atoms with E-state index in [0.29, 0.717) is 36.7 Å². The molecule has 10 nitrogen and oxygen atoms in total. The Hall–Kier alpha value is -5.17. The number of ether oxygens (including phenoxy) is 1. The number of benzene rings is 2. The fourth-order valence-corrected chi connectivity index (χ4v) is 5.02. The fraction of sp³-hybridized carbons (Fsp3) is 0.167. The van der Waals surface area contributed by atoms with Crippen LogP contribution in [-0.4, -0.2) is 43.5 Å². The molecule has 0 saturated heterocycles. The molecule has 0 aliphatic carbocycles. The van der Waals surface area contributed by atoms with E-state index in [1.165, 1.54) is 55.5 Å². The van der Waals surface area contributed by atoms with E-state index in [1.54, 1.807) is 18.2 Å². The van der Waals surface area contributed by atoms with E-state index in [4.69, 9.17) is 21.4 Å². The van der Waals surface area contributed by atoms with Gasteiger partial charge in [0, 0.05) is 40.5 Å². The van der Waals surface area contributed by atoms with Crippen LogP contribution in [0, 0.1) is 11.0 Å². The zero-order valence-corrected chi connectivity index (χ0v) is 23.9. The number of carboxylic acids is 1. The smallest absolute Gasteiger partial charge is 0.338 e. The number of methoxy groups -OCH3 is 1. The summed E-state index contributed by atoms with van der Waals surface area (Å²) in [6.45, 7) is -1.50. The number of carboxylic acid groups (broad SMARTS) is 1. The third-order valence-corrected chi connectivity index (χ3v) is 7.21. The Kier molecular flexibility index (Phi) is 8.41. The summed E-state index contributed by atoms with van der Waals surface area (Å²) >= 11 is 6.21. The summed E-state index contributed by atoms with van der Waals surface area (Å²) in [6.07, 6.45) is 5.17. The van der Waals surface area contributed by atoms with Crippen LogP contribution in [0.1, 0.15) is 51.6 Å². The van der Waals surface area contributed by atoms with E-state index in [0.717, 1.165) is 18.3 Å². The molecule has 14 heteroatoms. The fourth-order valence-electron chi connectivity index (χ4n) is 4.84. The molecule has 5 rings (SSSR count). The lowest BCUT2D eigenvalue weighted by Crippen LogP contribution is -2.36. The number of aromatic carboxylic acids is 1. The molecular weight excluding hydrogens is 603 g/mol. The van der Waals surface area contributed by atoms with E-state index in [2.05, 4.69) is 10.2 Å². The van der Waals surface area contributed by atoms with E-state index >= 15 is 0 Å². The van der Waals surface area contributed by atoms with Gasteiger partial charge in [0.15, 0.2) is 12.0 Å². The van der Waals surface area contributed by atoms with Gasteiger partial charge in [-0.1, -0.05) is 17.7 Å². The molecule has 0 aliphatic rings. The maximum absolute atomic E-state index is 14.4. The Bertz CT molecular complexity index is 1890. The Labute approximate surface area is 253 Å². The van der Waals surface area contributed by atoms with E-state index in [9.17, 15) is 28.0 Å². The first-order valence-corrected chi connectivity index (χ1v) is 13.4. The second kappa shape index (κ2) is 12.2. The summed E-state index contributed by atoms with van der Waals surface area (Å²) in [6, 6.07) is 10.1. The van der Waals surface area contributed by atoms with Crippen LogP contribution in [0.25, 0.3) is 22.3 Å². The molecule has 1 atom stereocenters. The lowest BCUT2D eigenvalue weighted by atomic mass is 9.97. The molecule has 0 saturated carbocycles. The van der Waals surface area contributed by atoms with E-state index < -0.39 is 29.9 Å². The van der Waals surface area contributed by atoms with Crippen LogP contribution in [0.3, 0.4) is 0 Å². The van der Waals surface area contributed by atoms with Crippen molar-refractivity contribution in [3.8, 4) is 28.0 Å². The minimum atomic E-state index is -2.88. The number of carbonyl (C=O) groups excluding carboxylic acids is 1. The molecule has 226 valence electrons. The third-order valence-electron chi connectivity index (χ3n) is 6.98. The van der Waals surface area contributed by atoms with Crippen molar-refractivity contribution < 1.29 is 37.3 Å². The molecule has 0 radical (unpaired) electrons. The Balaban J connectivity index is 1.63. The summed E-state index contributed by atoms with van der Waals surface area (Å²) in [7, 11) is 1.39. The topological polar surface area (TPSA) is 126 Å². The minimum absolute atomic E-state index is 0.0618. The molecule has 0 fully saturated rings. The molecule has 0 bridgehead atoms. The highest BCUT2D eigenvalue weighted by Gasteiger charge is 2.29. The highest BCUT2D eigenvalue weighted by atomic mass is 35.5. The van der Waals surface area contributed by atoms with Gasteiger partial charge in [0.05, 0.1) is 36.2 Å². The highest BCUT2D eigenvalue weighted by Crippen LogP contribution is 2.36. The zero-order chi connectivity index (χ0) is 31.7. The Morgan fingerprint density at radius 3 is 2.45 bits per heavy atom. The molecule has 1 N–H and O–H groups in total. The van der Waals surface area contributed by atoms with Crippen molar-refractivity contribution in [1.29, 1.82) is 0 Å². The largest absolute Gasteiger partial charge is 0.618 e. The van der Waals surface area contributed by atoms with Gasteiger partial charge in [0.25, 0.3) is 0 Å². The standard InChI is InChI=1S/C30H23ClF3N5O5/c1-16(40)21-6-4-19(31)10-23(21)24-15-39(43)27(12-28(24)44-2)26(11-20-7-8-37(36-20)30(33)34)38-14-18(13-35-38)17-3-5-22(29(41)42)25(32)9-17/h3-10,12-15,26,30H,11H2,1-2H3,(H,41,42). The average molecular weight is 626 g/mol. The van der Waals surface area contributed by atoms with Gasteiger partial charge in [-0.05, 0) is 48.9 Å². The molecular formula is C30H23ClF3N5O5. The van der Waals surface area contributed by atoms with E-state index in [-0.39, 0.29) is 34.9 Å². The number of ketones is 1. The second-order valence-electron chi connectivity index (χ2n) is 9.75. The number of halogens is 4. The molecule has 0 aliphatic heterocycles. The minimum Gasteiger partial charge on any atom is -0.618 e. The van der Waals surface area contributed by atoms with Gasteiger partial charge in [-0.25, -0.2) is 13.9 Å². The first-order chi connectivity index (χ1) is 21.0. The van der Waals surface area contributed by atoms with Crippen LogP contribution in [0.2, 0.25) is 5.02 Å².